The second kappa shape index (κ2) is 6.64. The maximum atomic E-state index is 5.16. The quantitative estimate of drug-likeness (QED) is 0.743. The normalized spacial score (nSPS) is 10.5. The Morgan fingerprint density at radius 1 is 1.33 bits per heavy atom. The van der Waals surface area contributed by atoms with E-state index in [1.807, 2.05) is 37.2 Å². The van der Waals surface area contributed by atoms with Crippen molar-refractivity contribution < 1.29 is 0 Å². The first kappa shape index (κ1) is 12.3. The SMILES string of the molecule is CN(C)C(=S)SC/C=C/c1ccccc1. The highest BCUT2D eigenvalue weighted by Crippen LogP contribution is 2.08. The minimum Gasteiger partial charge on any atom is -0.364 e. The zero-order valence-corrected chi connectivity index (χ0v) is 10.6. The molecule has 0 aliphatic rings. The zero-order chi connectivity index (χ0) is 11.1. The van der Waals surface area contributed by atoms with Crippen molar-refractivity contribution in [2.45, 2.75) is 0 Å². The second-order valence-electron chi connectivity index (χ2n) is 3.28. The van der Waals surface area contributed by atoms with Crippen molar-refractivity contribution in [3.05, 3.63) is 42.0 Å². The number of hydrogen-bond donors (Lipinski definition) is 0. The Morgan fingerprint density at radius 2 is 2.00 bits per heavy atom. The summed E-state index contributed by atoms with van der Waals surface area (Å²) in [6, 6.07) is 10.3. The van der Waals surface area contributed by atoms with E-state index in [1.165, 1.54) is 5.56 Å². The molecular formula is C12H15NS2. The number of hydrogen-bond acceptors (Lipinski definition) is 2. The Balaban J connectivity index is 2.32. The van der Waals surface area contributed by atoms with E-state index in [1.54, 1.807) is 11.8 Å². The molecule has 0 spiro atoms. The Hall–Kier alpha value is -0.800. The van der Waals surface area contributed by atoms with Crippen LogP contribution in [0.3, 0.4) is 0 Å². The van der Waals surface area contributed by atoms with Crippen LogP contribution in [0.5, 0.6) is 0 Å². The molecule has 0 aliphatic heterocycles. The number of benzene rings is 1. The summed E-state index contributed by atoms with van der Waals surface area (Å²) in [4.78, 5) is 1.95. The lowest BCUT2D eigenvalue weighted by Crippen LogP contribution is -2.16. The second-order valence-corrected chi connectivity index (χ2v) is 4.94. The van der Waals surface area contributed by atoms with Crippen LogP contribution in [-0.4, -0.2) is 29.1 Å². The highest BCUT2D eigenvalue weighted by molar-refractivity contribution is 8.23. The van der Waals surface area contributed by atoms with Gasteiger partial charge in [0.15, 0.2) is 0 Å². The van der Waals surface area contributed by atoms with Gasteiger partial charge in [-0.3, -0.25) is 0 Å². The average Bonchev–Trinajstić information content (AvgIpc) is 2.25. The predicted octanol–water partition coefficient (Wildman–Crippen LogP) is 3.28. The van der Waals surface area contributed by atoms with E-state index in [9.17, 15) is 0 Å². The summed E-state index contributed by atoms with van der Waals surface area (Å²) in [6.45, 7) is 0. The van der Waals surface area contributed by atoms with Crippen molar-refractivity contribution in [3.63, 3.8) is 0 Å². The van der Waals surface area contributed by atoms with Gasteiger partial charge in [-0.2, -0.15) is 0 Å². The summed E-state index contributed by atoms with van der Waals surface area (Å²) in [5.74, 6) is 0.923. The molecule has 1 aromatic rings. The number of thiocarbonyl (C=S) groups is 1. The Kier molecular flexibility index (Phi) is 5.43. The van der Waals surface area contributed by atoms with Gasteiger partial charge in [-0.05, 0) is 5.56 Å². The number of nitrogens with zero attached hydrogens (tertiary/aromatic N) is 1. The lowest BCUT2D eigenvalue weighted by atomic mass is 10.2. The van der Waals surface area contributed by atoms with E-state index in [4.69, 9.17) is 12.2 Å². The van der Waals surface area contributed by atoms with Gasteiger partial charge in [0, 0.05) is 19.8 Å². The third-order valence-electron chi connectivity index (χ3n) is 1.78. The van der Waals surface area contributed by atoms with Crippen LogP contribution in [0.2, 0.25) is 0 Å². The Morgan fingerprint density at radius 3 is 2.60 bits per heavy atom. The molecule has 1 rings (SSSR count). The number of rotatable bonds is 3. The van der Waals surface area contributed by atoms with Crippen molar-refractivity contribution in [1.29, 1.82) is 0 Å². The molecule has 0 fully saturated rings. The van der Waals surface area contributed by atoms with E-state index in [2.05, 4.69) is 24.3 Å². The Labute approximate surface area is 101 Å². The van der Waals surface area contributed by atoms with Crippen LogP contribution in [0, 0.1) is 0 Å². The topological polar surface area (TPSA) is 3.24 Å². The van der Waals surface area contributed by atoms with Crippen molar-refractivity contribution in [2.24, 2.45) is 0 Å². The maximum absolute atomic E-state index is 5.16. The summed E-state index contributed by atoms with van der Waals surface area (Å²) >= 11 is 6.84. The predicted molar refractivity (Wildman–Crippen MR) is 74.2 cm³/mol. The van der Waals surface area contributed by atoms with E-state index < -0.39 is 0 Å². The summed E-state index contributed by atoms with van der Waals surface area (Å²) < 4.78 is 0.924. The van der Waals surface area contributed by atoms with Gasteiger partial charge in [0.1, 0.15) is 4.32 Å². The molecule has 80 valence electrons. The van der Waals surface area contributed by atoms with Crippen LogP contribution in [0.15, 0.2) is 36.4 Å². The summed E-state index contributed by atoms with van der Waals surface area (Å²) in [5.41, 5.74) is 1.23. The molecule has 3 heteroatoms. The first-order chi connectivity index (χ1) is 7.20. The minimum atomic E-state index is 0.923. The van der Waals surface area contributed by atoms with E-state index in [0.717, 1.165) is 10.1 Å². The molecule has 1 nitrogen and oxygen atoms in total. The monoisotopic (exact) mass is 237 g/mol. The zero-order valence-electron chi connectivity index (χ0n) is 9.01. The van der Waals surface area contributed by atoms with E-state index >= 15 is 0 Å². The first-order valence-corrected chi connectivity index (χ1v) is 6.15. The molecule has 0 bridgehead atoms. The summed E-state index contributed by atoms with van der Waals surface area (Å²) in [5, 5.41) is 0. The molecule has 0 atom stereocenters. The number of thioether (sulfide) groups is 1. The van der Waals surface area contributed by atoms with Crippen molar-refractivity contribution >= 4 is 34.4 Å². The molecule has 1 aromatic carbocycles. The summed E-state index contributed by atoms with van der Waals surface area (Å²) in [6.07, 6.45) is 4.25. The third kappa shape index (κ3) is 5.00. The smallest absolute Gasteiger partial charge is 0.136 e. The molecule has 0 amide bonds. The van der Waals surface area contributed by atoms with Gasteiger partial charge < -0.3 is 4.90 Å². The van der Waals surface area contributed by atoms with Crippen LogP contribution < -0.4 is 0 Å². The molecule has 0 saturated carbocycles. The summed E-state index contributed by atoms with van der Waals surface area (Å²) in [7, 11) is 3.94. The van der Waals surface area contributed by atoms with Gasteiger partial charge in [-0.25, -0.2) is 0 Å². The molecule has 0 aliphatic carbocycles. The fourth-order valence-corrected chi connectivity index (χ4v) is 1.79. The van der Waals surface area contributed by atoms with E-state index in [-0.39, 0.29) is 0 Å². The maximum Gasteiger partial charge on any atom is 0.136 e. The van der Waals surface area contributed by atoms with Crippen molar-refractivity contribution in [3.8, 4) is 0 Å². The average molecular weight is 237 g/mol. The highest BCUT2D eigenvalue weighted by Gasteiger charge is 1.96. The van der Waals surface area contributed by atoms with Gasteiger partial charge in [0.2, 0.25) is 0 Å². The van der Waals surface area contributed by atoms with E-state index in [0.29, 0.717) is 0 Å². The van der Waals surface area contributed by atoms with Crippen LogP contribution >= 0.6 is 24.0 Å². The largest absolute Gasteiger partial charge is 0.364 e. The molecule has 0 N–H and O–H groups in total. The first-order valence-electron chi connectivity index (χ1n) is 4.76. The molecule has 0 heterocycles. The van der Waals surface area contributed by atoms with Gasteiger partial charge in [-0.1, -0.05) is 66.5 Å². The van der Waals surface area contributed by atoms with Crippen molar-refractivity contribution in [1.82, 2.24) is 4.90 Å². The molecule has 0 aromatic heterocycles. The lowest BCUT2D eigenvalue weighted by molar-refractivity contribution is 0.648. The standard InChI is InChI=1S/C12H15NS2/c1-13(2)12(14)15-10-6-9-11-7-4-3-5-8-11/h3-9H,10H2,1-2H3/b9-6+. The molecule has 0 saturated heterocycles. The molecular weight excluding hydrogens is 222 g/mol. The molecule has 0 radical (unpaired) electrons. The van der Waals surface area contributed by atoms with Crippen LogP contribution in [0.4, 0.5) is 0 Å². The minimum absolute atomic E-state index is 0.923. The molecule has 15 heavy (non-hydrogen) atoms. The lowest BCUT2D eigenvalue weighted by Gasteiger charge is -2.10. The van der Waals surface area contributed by atoms with Gasteiger partial charge in [0.05, 0.1) is 0 Å². The van der Waals surface area contributed by atoms with Gasteiger partial charge in [0.25, 0.3) is 0 Å². The van der Waals surface area contributed by atoms with Crippen molar-refractivity contribution in [2.75, 3.05) is 19.8 Å². The fraction of sp³-hybridized carbons (Fsp3) is 0.250. The third-order valence-corrected chi connectivity index (χ3v) is 3.47. The Bertz CT molecular complexity index is 331. The molecule has 0 unspecified atom stereocenters. The fourth-order valence-electron chi connectivity index (χ4n) is 0.997. The highest BCUT2D eigenvalue weighted by atomic mass is 32.2. The van der Waals surface area contributed by atoms with Crippen LogP contribution in [0.1, 0.15) is 5.56 Å². The van der Waals surface area contributed by atoms with Crippen LogP contribution in [-0.2, 0) is 0 Å². The van der Waals surface area contributed by atoms with Crippen LogP contribution in [0.25, 0.3) is 6.08 Å². The van der Waals surface area contributed by atoms with Gasteiger partial charge >= 0.3 is 0 Å². The van der Waals surface area contributed by atoms with Gasteiger partial charge in [-0.15, -0.1) is 0 Å².